The highest BCUT2D eigenvalue weighted by Gasteiger charge is 2.65. The molecule has 0 aromatic heterocycles. The van der Waals surface area contributed by atoms with Crippen molar-refractivity contribution < 1.29 is 51.5 Å². The predicted octanol–water partition coefficient (Wildman–Crippen LogP) is 3.09. The van der Waals surface area contributed by atoms with Crippen molar-refractivity contribution in [2.24, 2.45) is 46.3 Å². The van der Waals surface area contributed by atoms with Crippen molar-refractivity contribution in [3.05, 3.63) is 0 Å². The molecule has 0 aromatic carbocycles. The SMILES string of the molecule is CC(C)[C@H]1CC[C@H]2[C@@H]3C[C@H](OS(=O)(=O)O)[C@H]4C[C@H](OS(=O)(=O)O)[C@@H](OS(=O)(=O)O)C[C@]4(C)[C@H]3CC[C@]12C. The minimum atomic E-state index is -5.04. The Morgan fingerprint density at radius 2 is 1.19 bits per heavy atom. The Bertz CT molecular complexity index is 1200. The smallest absolute Gasteiger partial charge is 0.264 e. The van der Waals surface area contributed by atoms with E-state index in [9.17, 15) is 38.9 Å². The summed E-state index contributed by atoms with van der Waals surface area (Å²) in [7, 11) is -14.9. The normalized spacial score (nSPS) is 44.8. The van der Waals surface area contributed by atoms with E-state index in [1.165, 1.54) is 0 Å². The van der Waals surface area contributed by atoms with Gasteiger partial charge in [0.05, 0.1) is 6.10 Å². The highest BCUT2D eigenvalue weighted by atomic mass is 32.3. The zero-order valence-electron chi connectivity index (χ0n) is 21.4. The molecule has 0 heterocycles. The third-order valence-corrected chi connectivity index (χ3v) is 11.7. The van der Waals surface area contributed by atoms with Crippen LogP contribution < -0.4 is 0 Å². The van der Waals surface area contributed by atoms with Crippen molar-refractivity contribution in [1.29, 1.82) is 0 Å². The van der Waals surface area contributed by atoms with Gasteiger partial charge in [0, 0.05) is 0 Å². The average Bonchev–Trinajstić information content (AvgIpc) is 3.03. The molecule has 0 unspecified atom stereocenters. The van der Waals surface area contributed by atoms with Crippen LogP contribution >= 0.6 is 0 Å². The molecule has 0 spiro atoms. The molecule has 10 atom stereocenters. The van der Waals surface area contributed by atoms with Crippen LogP contribution in [-0.2, 0) is 43.7 Å². The van der Waals surface area contributed by atoms with Gasteiger partial charge in [-0.25, -0.2) is 12.5 Å². The molecule has 4 aliphatic rings. The zero-order chi connectivity index (χ0) is 27.8. The van der Waals surface area contributed by atoms with Gasteiger partial charge in [-0.15, -0.1) is 0 Å². The maximum atomic E-state index is 11.9. The van der Waals surface area contributed by atoms with Gasteiger partial charge in [0.2, 0.25) is 0 Å². The second-order valence-corrected chi connectivity index (χ2v) is 15.5. The van der Waals surface area contributed by atoms with Gasteiger partial charge in [-0.3, -0.25) is 13.7 Å². The third-order valence-electron chi connectivity index (χ3n) is 10.2. The van der Waals surface area contributed by atoms with E-state index in [0.29, 0.717) is 18.3 Å². The molecular formula is C22H38O12S3. The van der Waals surface area contributed by atoms with E-state index in [2.05, 4.69) is 20.8 Å². The molecule has 4 saturated carbocycles. The van der Waals surface area contributed by atoms with Crippen LogP contribution in [0.1, 0.15) is 72.6 Å². The summed E-state index contributed by atoms with van der Waals surface area (Å²) in [6, 6.07) is 0. The third kappa shape index (κ3) is 5.89. The van der Waals surface area contributed by atoms with Crippen molar-refractivity contribution >= 4 is 31.2 Å². The van der Waals surface area contributed by atoms with Gasteiger partial charge in [-0.05, 0) is 91.3 Å². The molecule has 4 aliphatic carbocycles. The molecule has 0 amide bonds. The molecule has 15 heteroatoms. The quantitative estimate of drug-likeness (QED) is 0.368. The molecule has 4 fully saturated rings. The maximum absolute atomic E-state index is 11.9. The van der Waals surface area contributed by atoms with E-state index < -0.39 is 60.8 Å². The average molecular weight is 591 g/mol. The van der Waals surface area contributed by atoms with E-state index in [1.807, 2.05) is 6.92 Å². The van der Waals surface area contributed by atoms with Crippen LogP contribution in [0.3, 0.4) is 0 Å². The Kier molecular flexibility index (Phi) is 7.69. The van der Waals surface area contributed by atoms with Gasteiger partial charge in [-0.1, -0.05) is 27.7 Å². The van der Waals surface area contributed by atoms with Crippen LogP contribution in [0, 0.1) is 46.3 Å². The largest absolute Gasteiger partial charge is 0.397 e. The van der Waals surface area contributed by atoms with E-state index in [1.54, 1.807) is 0 Å². The zero-order valence-corrected chi connectivity index (χ0v) is 23.8. The Morgan fingerprint density at radius 1 is 0.676 bits per heavy atom. The van der Waals surface area contributed by atoms with Crippen molar-refractivity contribution in [3.63, 3.8) is 0 Å². The van der Waals surface area contributed by atoms with Crippen LogP contribution in [0.2, 0.25) is 0 Å². The monoisotopic (exact) mass is 590 g/mol. The fourth-order valence-electron chi connectivity index (χ4n) is 9.17. The first kappa shape index (κ1) is 29.6. The topological polar surface area (TPSA) is 191 Å². The molecular weight excluding hydrogens is 552 g/mol. The second kappa shape index (κ2) is 9.61. The molecule has 0 aromatic rings. The molecule has 0 bridgehead atoms. The Morgan fingerprint density at radius 3 is 1.73 bits per heavy atom. The molecule has 37 heavy (non-hydrogen) atoms. The van der Waals surface area contributed by atoms with Gasteiger partial charge in [0.15, 0.2) is 0 Å². The Balaban J connectivity index is 1.76. The minimum Gasteiger partial charge on any atom is -0.264 e. The number of hydrogen-bond acceptors (Lipinski definition) is 9. The lowest BCUT2D eigenvalue weighted by Crippen LogP contribution is -2.62. The van der Waals surface area contributed by atoms with Crippen LogP contribution in [0.25, 0.3) is 0 Å². The van der Waals surface area contributed by atoms with Crippen LogP contribution in [0.5, 0.6) is 0 Å². The van der Waals surface area contributed by atoms with E-state index in [4.69, 9.17) is 12.5 Å². The van der Waals surface area contributed by atoms with Gasteiger partial charge in [0.25, 0.3) is 0 Å². The Labute approximate surface area is 219 Å². The van der Waals surface area contributed by atoms with Crippen molar-refractivity contribution in [2.75, 3.05) is 0 Å². The Hall–Kier alpha value is -0.390. The fraction of sp³-hybridized carbons (Fsp3) is 1.00. The first-order valence-electron chi connectivity index (χ1n) is 12.7. The lowest BCUT2D eigenvalue weighted by Gasteiger charge is -2.63. The summed E-state index contributed by atoms with van der Waals surface area (Å²) in [6.45, 7) is 8.58. The number of rotatable bonds is 7. The standard InChI is InChI=1S/C22H38O12S3/c1-12(2)14-5-6-15-13-9-18(32-35(23,24)25)17-10-19(33-36(26,27)28)20(34-37(29,30)31)11-22(17,4)16(13)7-8-21(14,15)3/h12-20H,5-11H2,1-4H3,(H,23,24,25)(H,26,27,28)(H,29,30,31)/t13-,14+,15-,16-,17+,18-,19-,20-,21+,22+/m0/s1. The fourth-order valence-corrected chi connectivity index (χ4v) is 10.7. The lowest BCUT2D eigenvalue weighted by molar-refractivity contribution is -0.183. The molecule has 0 radical (unpaired) electrons. The molecule has 0 aliphatic heterocycles. The van der Waals surface area contributed by atoms with Crippen LogP contribution in [-0.4, -0.2) is 57.2 Å². The highest BCUT2D eigenvalue weighted by Crippen LogP contribution is 2.68. The first-order chi connectivity index (χ1) is 16.7. The van der Waals surface area contributed by atoms with Gasteiger partial charge < -0.3 is 0 Å². The molecule has 3 N–H and O–H groups in total. The number of hydrogen-bond donors (Lipinski definition) is 3. The summed E-state index contributed by atoms with van der Waals surface area (Å²) in [5, 5.41) is 0. The van der Waals surface area contributed by atoms with Gasteiger partial charge in [-0.2, -0.15) is 25.3 Å². The summed E-state index contributed by atoms with van der Waals surface area (Å²) < 4.78 is 113. The number of fused-ring (bicyclic) bond motifs is 5. The summed E-state index contributed by atoms with van der Waals surface area (Å²) in [4.78, 5) is 0. The predicted molar refractivity (Wildman–Crippen MR) is 130 cm³/mol. The van der Waals surface area contributed by atoms with E-state index >= 15 is 0 Å². The molecule has 216 valence electrons. The molecule has 0 saturated heterocycles. The van der Waals surface area contributed by atoms with Crippen LogP contribution in [0.4, 0.5) is 0 Å². The highest BCUT2D eigenvalue weighted by molar-refractivity contribution is 7.81. The minimum absolute atomic E-state index is 0.00177. The first-order valence-corrected chi connectivity index (χ1v) is 16.8. The van der Waals surface area contributed by atoms with E-state index in [0.717, 1.165) is 25.7 Å². The summed E-state index contributed by atoms with van der Waals surface area (Å²) in [6.07, 6.45) is -0.314. The lowest BCUT2D eigenvalue weighted by atomic mass is 9.43. The van der Waals surface area contributed by atoms with Gasteiger partial charge >= 0.3 is 31.2 Å². The van der Waals surface area contributed by atoms with Crippen molar-refractivity contribution in [1.82, 2.24) is 0 Å². The summed E-state index contributed by atoms with van der Waals surface area (Å²) >= 11 is 0. The van der Waals surface area contributed by atoms with Crippen LogP contribution in [0.15, 0.2) is 0 Å². The summed E-state index contributed by atoms with van der Waals surface area (Å²) in [5.41, 5.74) is -0.763. The molecule has 12 nitrogen and oxygen atoms in total. The van der Waals surface area contributed by atoms with E-state index in [-0.39, 0.29) is 36.0 Å². The molecule has 4 rings (SSSR count). The van der Waals surface area contributed by atoms with Gasteiger partial charge in [0.1, 0.15) is 12.2 Å². The second-order valence-electron chi connectivity index (χ2n) is 12.3. The van der Waals surface area contributed by atoms with Crippen molar-refractivity contribution in [2.45, 2.75) is 91.0 Å². The van der Waals surface area contributed by atoms with Crippen molar-refractivity contribution in [3.8, 4) is 0 Å². The maximum Gasteiger partial charge on any atom is 0.397 e. The summed E-state index contributed by atoms with van der Waals surface area (Å²) in [5.74, 6) is 0.582.